The van der Waals surface area contributed by atoms with Crippen LogP contribution in [0.3, 0.4) is 0 Å². The summed E-state index contributed by atoms with van der Waals surface area (Å²) in [6.45, 7) is 0. The van der Waals surface area contributed by atoms with Crippen molar-refractivity contribution in [1.82, 2.24) is 0 Å². The van der Waals surface area contributed by atoms with Gasteiger partial charge in [0, 0.05) is 0 Å². The minimum absolute atomic E-state index is 0.00429. The topological polar surface area (TPSA) is 74.2 Å². The Morgan fingerprint density at radius 1 is 1.22 bits per heavy atom. The maximum Gasteiger partial charge on any atom is 0.146 e. The van der Waals surface area contributed by atoms with Crippen molar-refractivity contribution in [2.45, 2.75) is 38.1 Å². The summed E-state index contributed by atoms with van der Waals surface area (Å²) >= 11 is 0. The molecule has 1 saturated carbocycles. The van der Waals surface area contributed by atoms with Crippen molar-refractivity contribution < 1.29 is 4.86 Å². The Bertz CT molecular complexity index is 455. The molecule has 1 aliphatic carbocycles. The van der Waals surface area contributed by atoms with E-state index in [0.717, 1.165) is 30.5 Å². The zero-order valence-corrected chi connectivity index (χ0v) is 10.2. The number of hydrogen-bond acceptors (Lipinski definition) is 3. The molecular formula is C13H16N4O. The fraction of sp³-hybridized carbons (Fsp3) is 0.462. The van der Waals surface area contributed by atoms with Gasteiger partial charge in [0.25, 0.3) is 0 Å². The van der Waals surface area contributed by atoms with Gasteiger partial charge in [-0.15, -0.1) is 5.43 Å². The zero-order valence-electron chi connectivity index (χ0n) is 10.2. The van der Waals surface area contributed by atoms with Crippen LogP contribution in [0.1, 0.15) is 37.7 Å². The van der Waals surface area contributed by atoms with Crippen LogP contribution in [-0.4, -0.2) is 10.9 Å². The molecule has 2 rings (SSSR count). The van der Waals surface area contributed by atoms with Gasteiger partial charge in [-0.25, -0.2) is 0 Å². The summed E-state index contributed by atoms with van der Waals surface area (Å²) in [7, 11) is 0. The number of rotatable bonds is 3. The lowest BCUT2D eigenvalue weighted by molar-refractivity contribution is -0.570. The Kier molecular flexibility index (Phi) is 4.13. The second-order valence-corrected chi connectivity index (χ2v) is 4.50. The van der Waals surface area contributed by atoms with Gasteiger partial charge in [-0.3, -0.25) is 0 Å². The molecule has 1 fully saturated rings. The third-order valence-electron chi connectivity index (χ3n) is 3.18. The first-order chi connectivity index (χ1) is 8.79. The van der Waals surface area contributed by atoms with Crippen molar-refractivity contribution >= 4 is 5.69 Å². The molecule has 0 aliphatic heterocycles. The molecular weight excluding hydrogens is 228 g/mol. The normalized spacial score (nSPS) is 17.2. The first-order valence-corrected chi connectivity index (χ1v) is 6.23. The summed E-state index contributed by atoms with van der Waals surface area (Å²) < 4.78 is 0. The molecule has 5 heteroatoms. The number of benzene rings is 1. The van der Waals surface area contributed by atoms with Gasteiger partial charge in [0.15, 0.2) is 0 Å². The molecule has 1 aliphatic rings. The number of hydroxylamine groups is 1. The highest BCUT2D eigenvalue weighted by Gasteiger charge is 2.17. The van der Waals surface area contributed by atoms with Gasteiger partial charge >= 0.3 is 0 Å². The molecule has 0 aromatic heterocycles. The predicted molar refractivity (Wildman–Crippen MR) is 67.7 cm³/mol. The smallest absolute Gasteiger partial charge is 0.146 e. The number of nitrogens with one attached hydrogen (secondary N) is 1. The molecule has 1 aromatic carbocycles. The number of nitriles is 1. The minimum Gasteiger partial charge on any atom is -0.696 e. The van der Waals surface area contributed by atoms with Crippen LogP contribution in [0.5, 0.6) is 0 Å². The molecule has 0 amide bonds. The Balaban J connectivity index is 1.94. The largest absolute Gasteiger partial charge is 0.696 e. The van der Waals surface area contributed by atoms with Crippen molar-refractivity contribution in [1.29, 1.82) is 5.26 Å². The van der Waals surface area contributed by atoms with Crippen LogP contribution in [0.4, 0.5) is 5.69 Å². The summed E-state index contributed by atoms with van der Waals surface area (Å²) in [4.78, 5) is 0.775. The molecule has 18 heavy (non-hydrogen) atoms. The lowest BCUT2D eigenvalue weighted by Crippen LogP contribution is -2.23. The van der Waals surface area contributed by atoms with E-state index in [1.807, 2.05) is 6.07 Å². The fourth-order valence-corrected chi connectivity index (χ4v) is 2.11. The third kappa shape index (κ3) is 3.20. The van der Waals surface area contributed by atoms with E-state index >= 15 is 0 Å². The number of hydrogen-bond donors (Lipinski definition) is 1. The molecule has 1 N–H and O–H groups in total. The maximum absolute atomic E-state index is 11.7. The molecule has 1 aromatic rings. The fourth-order valence-electron chi connectivity index (χ4n) is 2.11. The van der Waals surface area contributed by atoms with E-state index in [-0.39, 0.29) is 6.04 Å². The van der Waals surface area contributed by atoms with Crippen LogP contribution in [-0.2, 0) is 0 Å². The van der Waals surface area contributed by atoms with Gasteiger partial charge in [0.1, 0.15) is 11.7 Å². The van der Waals surface area contributed by atoms with Crippen LogP contribution in [0.15, 0.2) is 29.5 Å². The summed E-state index contributed by atoms with van der Waals surface area (Å²) in [6, 6.07) is 8.89. The number of nitrogens with zero attached hydrogens (tertiary/aromatic N) is 3. The first-order valence-electron chi connectivity index (χ1n) is 6.23. The summed E-state index contributed by atoms with van der Waals surface area (Å²) in [5, 5.41) is 24.2. The highest BCUT2D eigenvalue weighted by atomic mass is 16.5. The lowest BCUT2D eigenvalue weighted by Gasteiger charge is -2.22. The molecule has 5 nitrogen and oxygen atoms in total. The van der Waals surface area contributed by atoms with E-state index in [2.05, 4.69) is 10.6 Å². The van der Waals surface area contributed by atoms with Gasteiger partial charge in [-0.2, -0.15) is 10.1 Å². The SMILES string of the molecule is N#Cc1ccc(NN=[N+]([O-])C2CCCCC2)cc1. The van der Waals surface area contributed by atoms with Gasteiger partial charge in [-0.1, -0.05) is 6.42 Å². The van der Waals surface area contributed by atoms with E-state index < -0.39 is 0 Å². The second-order valence-electron chi connectivity index (χ2n) is 4.50. The van der Waals surface area contributed by atoms with Gasteiger partial charge in [0.05, 0.1) is 16.9 Å². The molecule has 0 saturated heterocycles. The standard InChI is InChI=1S/C13H16N4O/c14-10-11-6-8-12(9-7-11)15-16-17(18)13-4-2-1-3-5-13/h6-9,13,15H,1-5H2. The molecule has 0 bridgehead atoms. The maximum atomic E-state index is 11.7. The van der Waals surface area contributed by atoms with Crippen molar-refractivity contribution in [3.8, 4) is 6.07 Å². The van der Waals surface area contributed by atoms with Gasteiger partial charge in [-0.05, 0) is 49.9 Å². The average Bonchev–Trinajstić information content (AvgIpc) is 2.46. The lowest BCUT2D eigenvalue weighted by atomic mass is 9.96. The first kappa shape index (κ1) is 12.4. The monoisotopic (exact) mass is 244 g/mol. The Labute approximate surface area is 106 Å². The molecule has 0 atom stereocenters. The molecule has 0 radical (unpaired) electrons. The Morgan fingerprint density at radius 3 is 2.50 bits per heavy atom. The molecule has 0 spiro atoms. The Morgan fingerprint density at radius 2 is 1.89 bits per heavy atom. The highest BCUT2D eigenvalue weighted by molar-refractivity contribution is 5.46. The van der Waals surface area contributed by atoms with Crippen LogP contribution in [0.2, 0.25) is 0 Å². The molecule has 94 valence electrons. The zero-order chi connectivity index (χ0) is 12.8. The predicted octanol–water partition coefficient (Wildman–Crippen LogP) is 3.18. The van der Waals surface area contributed by atoms with Crippen molar-refractivity contribution in [2.24, 2.45) is 5.22 Å². The molecule has 0 unspecified atom stereocenters. The van der Waals surface area contributed by atoms with E-state index in [0.29, 0.717) is 11.3 Å². The van der Waals surface area contributed by atoms with Crippen molar-refractivity contribution in [2.75, 3.05) is 5.43 Å². The van der Waals surface area contributed by atoms with Crippen LogP contribution < -0.4 is 5.43 Å². The molecule has 0 heterocycles. The second kappa shape index (κ2) is 6.01. The summed E-state index contributed by atoms with van der Waals surface area (Å²) in [6.07, 6.45) is 5.27. The van der Waals surface area contributed by atoms with Gasteiger partial charge < -0.3 is 5.21 Å². The number of anilines is 1. The van der Waals surface area contributed by atoms with E-state index in [9.17, 15) is 5.21 Å². The Hall–Kier alpha value is -2.09. The average molecular weight is 244 g/mol. The van der Waals surface area contributed by atoms with Crippen molar-refractivity contribution in [3.05, 3.63) is 35.0 Å². The van der Waals surface area contributed by atoms with Crippen molar-refractivity contribution in [3.63, 3.8) is 0 Å². The quantitative estimate of drug-likeness (QED) is 0.504. The van der Waals surface area contributed by atoms with E-state index in [1.165, 1.54) is 6.42 Å². The van der Waals surface area contributed by atoms with E-state index in [4.69, 9.17) is 5.26 Å². The van der Waals surface area contributed by atoms with Crippen LogP contribution in [0, 0.1) is 16.5 Å². The summed E-state index contributed by atoms with van der Waals surface area (Å²) in [5.74, 6) is 0. The third-order valence-corrected chi connectivity index (χ3v) is 3.18. The van der Waals surface area contributed by atoms with E-state index in [1.54, 1.807) is 24.3 Å². The van der Waals surface area contributed by atoms with Gasteiger partial charge in [0.2, 0.25) is 0 Å². The summed E-state index contributed by atoms with van der Waals surface area (Å²) in [5.41, 5.74) is 4.03. The van der Waals surface area contributed by atoms with Crippen LogP contribution in [0.25, 0.3) is 0 Å². The minimum atomic E-state index is 0.00429. The van der Waals surface area contributed by atoms with Crippen LogP contribution >= 0.6 is 0 Å². The highest BCUT2D eigenvalue weighted by Crippen LogP contribution is 2.20.